The molecule has 180 valence electrons. The molecule has 0 saturated carbocycles. The van der Waals surface area contributed by atoms with E-state index in [2.05, 4.69) is 4.98 Å². The third kappa shape index (κ3) is 4.74. The van der Waals surface area contributed by atoms with E-state index in [4.69, 9.17) is 18.9 Å². The molecule has 4 aromatic rings. The second-order valence-corrected chi connectivity index (χ2v) is 7.68. The van der Waals surface area contributed by atoms with E-state index in [0.29, 0.717) is 29.4 Å². The summed E-state index contributed by atoms with van der Waals surface area (Å²) in [5.74, 6) is 1.46. The van der Waals surface area contributed by atoms with E-state index in [1.165, 1.54) is 20.3 Å². The van der Waals surface area contributed by atoms with Crippen LogP contribution in [0, 0.1) is 10.1 Å². The Morgan fingerprint density at radius 3 is 2.26 bits per heavy atom. The summed E-state index contributed by atoms with van der Waals surface area (Å²) in [5, 5.41) is 11.7. The average molecular weight is 476 g/mol. The van der Waals surface area contributed by atoms with Gasteiger partial charge in [-0.25, -0.2) is 4.98 Å². The number of aromatic nitrogens is 2. The van der Waals surface area contributed by atoms with Crippen LogP contribution in [-0.2, 0) is 13.7 Å². The van der Waals surface area contributed by atoms with Crippen LogP contribution in [0.5, 0.6) is 23.0 Å². The first-order valence-corrected chi connectivity index (χ1v) is 10.7. The summed E-state index contributed by atoms with van der Waals surface area (Å²) < 4.78 is 24.0. The summed E-state index contributed by atoms with van der Waals surface area (Å²) in [5.41, 5.74) is 3.45. The highest BCUT2D eigenvalue weighted by Gasteiger charge is 2.25. The molecule has 1 aromatic heterocycles. The Labute approximate surface area is 202 Å². The van der Waals surface area contributed by atoms with Gasteiger partial charge in [0.1, 0.15) is 6.61 Å². The van der Waals surface area contributed by atoms with E-state index in [9.17, 15) is 10.1 Å². The molecule has 0 spiro atoms. The third-order valence-electron chi connectivity index (χ3n) is 5.54. The number of nitro benzene ring substituents is 1. The molecule has 0 N–H and O–H groups in total. The summed E-state index contributed by atoms with van der Waals surface area (Å²) in [6.07, 6.45) is 1.65. The van der Waals surface area contributed by atoms with Crippen molar-refractivity contribution in [3.05, 3.63) is 82.7 Å². The first kappa shape index (κ1) is 23.6. The van der Waals surface area contributed by atoms with Gasteiger partial charge in [-0.15, -0.1) is 0 Å². The zero-order valence-corrected chi connectivity index (χ0v) is 19.8. The molecule has 0 radical (unpaired) electrons. The van der Waals surface area contributed by atoms with Crippen molar-refractivity contribution in [2.75, 3.05) is 21.3 Å². The van der Waals surface area contributed by atoms with Gasteiger partial charge in [0.15, 0.2) is 17.2 Å². The van der Waals surface area contributed by atoms with Crippen molar-refractivity contribution in [3.8, 4) is 45.5 Å². The van der Waals surface area contributed by atoms with Gasteiger partial charge in [0, 0.05) is 24.2 Å². The van der Waals surface area contributed by atoms with Gasteiger partial charge < -0.3 is 23.5 Å². The second kappa shape index (κ2) is 10.2. The smallest absolute Gasteiger partial charge is 0.315 e. The number of imidazole rings is 1. The van der Waals surface area contributed by atoms with Gasteiger partial charge in [-0.05, 0) is 29.8 Å². The van der Waals surface area contributed by atoms with Crippen molar-refractivity contribution in [1.82, 2.24) is 9.55 Å². The summed E-state index contributed by atoms with van der Waals surface area (Å²) in [6, 6.07) is 18.5. The fraction of sp³-hybridized carbons (Fsp3) is 0.192. The maximum Gasteiger partial charge on any atom is 0.315 e. The van der Waals surface area contributed by atoms with Gasteiger partial charge in [-0.1, -0.05) is 30.3 Å². The Bertz CT molecular complexity index is 1350. The quantitative estimate of drug-likeness (QED) is 0.240. The molecule has 9 heteroatoms. The second-order valence-electron chi connectivity index (χ2n) is 7.68. The van der Waals surface area contributed by atoms with E-state index in [-0.39, 0.29) is 17.2 Å². The minimum absolute atomic E-state index is 0.0553. The molecule has 0 saturated heterocycles. The van der Waals surface area contributed by atoms with Gasteiger partial charge in [0.25, 0.3) is 0 Å². The highest BCUT2D eigenvalue weighted by atomic mass is 16.6. The number of nitro groups is 1. The maximum atomic E-state index is 11.7. The zero-order valence-electron chi connectivity index (χ0n) is 19.8. The first-order chi connectivity index (χ1) is 17.0. The van der Waals surface area contributed by atoms with Gasteiger partial charge in [-0.3, -0.25) is 10.1 Å². The Kier molecular flexibility index (Phi) is 6.86. The Morgan fingerprint density at radius 2 is 1.60 bits per heavy atom. The van der Waals surface area contributed by atoms with Crippen LogP contribution in [0.25, 0.3) is 22.5 Å². The standard InChI is InChI=1S/C26H25N3O6/c1-28-16-27-24(19-12-20(29(30)31)26(34-4)23(14-19)33-3)25(28)18-10-11-21(32-2)22(13-18)35-15-17-8-6-5-7-9-17/h5-14,16H,15H2,1-4H3. The Hall–Kier alpha value is -4.53. The van der Waals surface area contributed by atoms with Crippen molar-refractivity contribution in [1.29, 1.82) is 0 Å². The van der Waals surface area contributed by atoms with Crippen LogP contribution >= 0.6 is 0 Å². The highest BCUT2D eigenvalue weighted by Crippen LogP contribution is 2.43. The predicted molar refractivity (Wildman–Crippen MR) is 131 cm³/mol. The van der Waals surface area contributed by atoms with Gasteiger partial charge in [0.05, 0.1) is 44.0 Å². The summed E-state index contributed by atoms with van der Waals surface area (Å²) >= 11 is 0. The molecule has 0 aliphatic heterocycles. The van der Waals surface area contributed by atoms with Crippen LogP contribution in [0.4, 0.5) is 5.69 Å². The Balaban J connectivity index is 1.79. The lowest BCUT2D eigenvalue weighted by Gasteiger charge is -2.14. The van der Waals surface area contributed by atoms with E-state index in [0.717, 1.165) is 16.8 Å². The van der Waals surface area contributed by atoms with Crippen LogP contribution in [0.1, 0.15) is 5.56 Å². The number of methoxy groups -OCH3 is 3. The number of nitrogens with zero attached hydrogens (tertiary/aromatic N) is 3. The lowest BCUT2D eigenvalue weighted by molar-refractivity contribution is -0.385. The number of aryl methyl sites for hydroxylation is 1. The molecule has 0 aliphatic rings. The number of ether oxygens (including phenoxy) is 4. The van der Waals surface area contributed by atoms with E-state index < -0.39 is 4.92 Å². The molecule has 1 heterocycles. The van der Waals surface area contributed by atoms with Crippen molar-refractivity contribution in [2.24, 2.45) is 7.05 Å². The molecule has 0 aliphatic carbocycles. The lowest BCUT2D eigenvalue weighted by atomic mass is 10.0. The molecule has 4 rings (SSSR count). The molecular weight excluding hydrogens is 450 g/mol. The summed E-state index contributed by atoms with van der Waals surface area (Å²) in [4.78, 5) is 15.7. The van der Waals surface area contributed by atoms with Crippen LogP contribution in [-0.4, -0.2) is 35.8 Å². The van der Waals surface area contributed by atoms with Crippen LogP contribution in [0.2, 0.25) is 0 Å². The average Bonchev–Trinajstić information content (AvgIpc) is 3.28. The van der Waals surface area contributed by atoms with Crippen LogP contribution in [0.3, 0.4) is 0 Å². The van der Waals surface area contributed by atoms with E-state index in [1.807, 2.05) is 60.1 Å². The normalized spacial score (nSPS) is 10.6. The summed E-state index contributed by atoms with van der Waals surface area (Å²) in [6.45, 7) is 0.376. The summed E-state index contributed by atoms with van der Waals surface area (Å²) in [7, 11) is 6.24. The minimum Gasteiger partial charge on any atom is -0.493 e. The number of benzene rings is 3. The largest absolute Gasteiger partial charge is 0.493 e. The monoisotopic (exact) mass is 475 g/mol. The minimum atomic E-state index is -0.504. The van der Waals surface area contributed by atoms with Gasteiger partial charge in [-0.2, -0.15) is 0 Å². The molecular formula is C26H25N3O6. The molecule has 9 nitrogen and oxygen atoms in total. The highest BCUT2D eigenvalue weighted by molar-refractivity contribution is 5.82. The lowest BCUT2D eigenvalue weighted by Crippen LogP contribution is -2.00. The number of hydrogen-bond acceptors (Lipinski definition) is 7. The molecule has 0 bridgehead atoms. The van der Waals surface area contributed by atoms with Crippen LogP contribution < -0.4 is 18.9 Å². The van der Waals surface area contributed by atoms with Crippen molar-refractivity contribution >= 4 is 5.69 Å². The molecule has 35 heavy (non-hydrogen) atoms. The molecule has 3 aromatic carbocycles. The van der Waals surface area contributed by atoms with E-state index >= 15 is 0 Å². The van der Waals surface area contributed by atoms with Crippen molar-refractivity contribution in [2.45, 2.75) is 6.61 Å². The van der Waals surface area contributed by atoms with Gasteiger partial charge >= 0.3 is 5.69 Å². The predicted octanol–water partition coefficient (Wildman–Crippen LogP) is 5.27. The topological polar surface area (TPSA) is 97.9 Å². The fourth-order valence-corrected chi connectivity index (χ4v) is 3.87. The number of hydrogen-bond donors (Lipinski definition) is 0. The number of rotatable bonds is 9. The molecule has 0 fully saturated rings. The zero-order chi connectivity index (χ0) is 24.9. The molecule has 0 amide bonds. The van der Waals surface area contributed by atoms with Crippen LogP contribution in [0.15, 0.2) is 67.0 Å². The third-order valence-corrected chi connectivity index (χ3v) is 5.54. The van der Waals surface area contributed by atoms with Gasteiger partial charge in [0.2, 0.25) is 5.75 Å². The SMILES string of the molecule is COc1ccc(-c2c(-c3cc(OC)c(OC)c([N+](=O)[O-])c3)ncn2C)cc1OCc1ccccc1. The fourth-order valence-electron chi connectivity index (χ4n) is 3.87. The first-order valence-electron chi connectivity index (χ1n) is 10.7. The molecule has 0 unspecified atom stereocenters. The maximum absolute atomic E-state index is 11.7. The Morgan fingerprint density at radius 1 is 0.886 bits per heavy atom. The van der Waals surface area contributed by atoms with Crippen molar-refractivity contribution in [3.63, 3.8) is 0 Å². The molecule has 0 atom stereocenters. The van der Waals surface area contributed by atoms with E-state index in [1.54, 1.807) is 19.5 Å². The van der Waals surface area contributed by atoms with Crippen molar-refractivity contribution < 1.29 is 23.9 Å².